The van der Waals surface area contributed by atoms with Crippen molar-refractivity contribution in [3.63, 3.8) is 0 Å². The van der Waals surface area contributed by atoms with Crippen molar-refractivity contribution in [3.8, 4) is 6.07 Å². The summed E-state index contributed by atoms with van der Waals surface area (Å²) >= 11 is 15.1. The molecule has 7 heteroatoms. The number of sulfone groups is 1. The summed E-state index contributed by atoms with van der Waals surface area (Å²) in [7, 11) is -3.81. The highest BCUT2D eigenvalue weighted by molar-refractivity contribution is 9.10. The lowest BCUT2D eigenvalue weighted by Gasteiger charge is -2.06. The predicted molar refractivity (Wildman–Crippen MR) is 96.8 cm³/mol. The van der Waals surface area contributed by atoms with E-state index in [0.717, 1.165) is 4.47 Å². The number of rotatable bonds is 4. The van der Waals surface area contributed by atoms with Gasteiger partial charge in [0, 0.05) is 14.5 Å². The molecule has 0 heterocycles. The van der Waals surface area contributed by atoms with Crippen LogP contribution in [0.15, 0.2) is 51.8 Å². The lowest BCUT2D eigenvalue weighted by molar-refractivity contribution is 0.602. The van der Waals surface area contributed by atoms with E-state index in [2.05, 4.69) is 15.9 Å². The van der Waals surface area contributed by atoms with Crippen LogP contribution in [-0.4, -0.2) is 8.42 Å². The minimum absolute atomic E-state index is 0.252. The zero-order valence-corrected chi connectivity index (χ0v) is 15.5. The normalized spacial score (nSPS) is 12.0. The molecule has 2 aromatic rings. The van der Waals surface area contributed by atoms with Crippen molar-refractivity contribution in [2.75, 3.05) is 0 Å². The zero-order valence-electron chi connectivity index (χ0n) is 11.6. The Morgan fingerprint density at radius 1 is 1.17 bits per heavy atom. The van der Waals surface area contributed by atoms with Crippen LogP contribution in [0.2, 0.25) is 10.0 Å². The molecule has 0 spiro atoms. The van der Waals surface area contributed by atoms with Crippen LogP contribution in [0.1, 0.15) is 11.1 Å². The highest BCUT2D eigenvalue weighted by Crippen LogP contribution is 2.25. The van der Waals surface area contributed by atoms with Crippen LogP contribution in [0.4, 0.5) is 0 Å². The molecule has 3 nitrogen and oxygen atoms in total. The number of hydrogen-bond acceptors (Lipinski definition) is 3. The first-order chi connectivity index (χ1) is 10.8. The average molecular weight is 431 g/mol. The van der Waals surface area contributed by atoms with Gasteiger partial charge in [-0.2, -0.15) is 5.26 Å². The molecule has 0 saturated carbocycles. The van der Waals surface area contributed by atoms with Crippen LogP contribution in [0.25, 0.3) is 6.08 Å². The maximum Gasteiger partial charge on any atom is 0.192 e. The predicted octanol–water partition coefficient (Wildman–Crippen LogP) is 5.24. The molecule has 0 aliphatic carbocycles. The summed E-state index contributed by atoms with van der Waals surface area (Å²) in [4.78, 5) is -0.314. The third-order valence-electron chi connectivity index (χ3n) is 2.97. The minimum Gasteiger partial charge on any atom is -0.223 e. The molecule has 0 saturated heterocycles. The second kappa shape index (κ2) is 7.50. The van der Waals surface area contributed by atoms with Gasteiger partial charge in [0.05, 0.1) is 5.75 Å². The van der Waals surface area contributed by atoms with Crippen LogP contribution in [0, 0.1) is 11.3 Å². The Bertz CT molecular complexity index is 901. The molecule has 0 N–H and O–H groups in total. The molecule has 0 aromatic heterocycles. The number of hydrogen-bond donors (Lipinski definition) is 0. The summed E-state index contributed by atoms with van der Waals surface area (Å²) < 4.78 is 25.8. The summed E-state index contributed by atoms with van der Waals surface area (Å²) in [5.74, 6) is -0.362. The van der Waals surface area contributed by atoms with Gasteiger partial charge in [-0.25, -0.2) is 8.42 Å². The first-order valence-electron chi connectivity index (χ1n) is 6.36. The average Bonchev–Trinajstić information content (AvgIpc) is 2.49. The number of halogens is 3. The maximum atomic E-state index is 12.4. The lowest BCUT2D eigenvalue weighted by atomic mass is 10.2. The van der Waals surface area contributed by atoms with Gasteiger partial charge >= 0.3 is 0 Å². The highest BCUT2D eigenvalue weighted by Gasteiger charge is 2.20. The highest BCUT2D eigenvalue weighted by atomic mass is 79.9. The Hall–Kier alpha value is -1.32. The van der Waals surface area contributed by atoms with Crippen molar-refractivity contribution in [2.45, 2.75) is 5.75 Å². The quantitative estimate of drug-likeness (QED) is 0.623. The van der Waals surface area contributed by atoms with Gasteiger partial charge in [-0.05, 0) is 41.5 Å². The monoisotopic (exact) mass is 429 g/mol. The van der Waals surface area contributed by atoms with Gasteiger partial charge in [0.1, 0.15) is 11.0 Å². The van der Waals surface area contributed by atoms with Crippen molar-refractivity contribution in [2.24, 2.45) is 0 Å². The van der Waals surface area contributed by atoms with Crippen LogP contribution < -0.4 is 0 Å². The van der Waals surface area contributed by atoms with E-state index in [9.17, 15) is 13.7 Å². The molecule has 0 radical (unpaired) electrons. The first-order valence-corrected chi connectivity index (χ1v) is 9.56. The van der Waals surface area contributed by atoms with Crippen molar-refractivity contribution < 1.29 is 8.42 Å². The maximum absolute atomic E-state index is 12.4. The fourth-order valence-electron chi connectivity index (χ4n) is 1.82. The summed E-state index contributed by atoms with van der Waals surface area (Å²) in [6.45, 7) is 0. The Morgan fingerprint density at radius 3 is 2.39 bits per heavy atom. The first kappa shape index (κ1) is 18.0. The summed E-state index contributed by atoms with van der Waals surface area (Å²) in [5, 5.41) is 9.88. The Labute approximate surface area is 153 Å². The Morgan fingerprint density at radius 2 is 1.83 bits per heavy atom. The van der Waals surface area contributed by atoms with Crippen molar-refractivity contribution in [1.29, 1.82) is 5.26 Å². The molecule has 0 bridgehead atoms. The van der Waals surface area contributed by atoms with E-state index >= 15 is 0 Å². The van der Waals surface area contributed by atoms with E-state index in [1.165, 1.54) is 18.2 Å². The minimum atomic E-state index is -3.81. The smallest absolute Gasteiger partial charge is 0.192 e. The molecule has 0 amide bonds. The SMILES string of the molecule is N#CC(=Cc1ccc(Br)cc1)S(=O)(=O)Cc1ccc(Cl)cc1Cl. The van der Waals surface area contributed by atoms with Crippen LogP contribution >= 0.6 is 39.1 Å². The number of allylic oxidation sites excluding steroid dienone is 1. The molecule has 2 aromatic carbocycles. The number of nitrogens with zero attached hydrogens (tertiary/aromatic N) is 1. The molecule has 0 unspecified atom stereocenters. The third-order valence-corrected chi connectivity index (χ3v) is 5.66. The second-order valence-corrected chi connectivity index (χ2v) is 8.38. The van der Waals surface area contributed by atoms with Crippen molar-refractivity contribution in [3.05, 3.63) is 73.0 Å². The van der Waals surface area contributed by atoms with Gasteiger partial charge < -0.3 is 0 Å². The lowest BCUT2D eigenvalue weighted by Crippen LogP contribution is -2.07. The standard InChI is InChI=1S/C16H10BrCl2NO2S/c17-13-4-1-11(2-5-13)7-15(9-20)23(21,22)10-12-3-6-14(18)8-16(12)19/h1-8H,10H2. The van der Waals surface area contributed by atoms with Crippen molar-refractivity contribution >= 4 is 55.0 Å². The van der Waals surface area contributed by atoms with Gasteiger partial charge in [-0.15, -0.1) is 0 Å². The molecule has 0 aliphatic rings. The van der Waals surface area contributed by atoms with E-state index in [-0.39, 0.29) is 15.7 Å². The molecule has 0 aliphatic heterocycles. The largest absolute Gasteiger partial charge is 0.223 e. The van der Waals surface area contributed by atoms with Gasteiger partial charge in [0.15, 0.2) is 9.84 Å². The van der Waals surface area contributed by atoms with E-state index < -0.39 is 9.84 Å². The summed E-state index contributed by atoms with van der Waals surface area (Å²) in [5.41, 5.74) is 1.02. The molecule has 23 heavy (non-hydrogen) atoms. The van der Waals surface area contributed by atoms with Gasteiger partial charge in [0.2, 0.25) is 0 Å². The zero-order chi connectivity index (χ0) is 17.0. The molecular formula is C16H10BrCl2NO2S. The molecular weight excluding hydrogens is 421 g/mol. The fourth-order valence-corrected chi connectivity index (χ4v) is 3.91. The molecule has 2 rings (SSSR count). The number of nitriles is 1. The van der Waals surface area contributed by atoms with Crippen LogP contribution in [0.3, 0.4) is 0 Å². The van der Waals surface area contributed by atoms with Gasteiger partial charge in [-0.3, -0.25) is 0 Å². The van der Waals surface area contributed by atoms with E-state index in [1.54, 1.807) is 36.4 Å². The molecule has 118 valence electrons. The van der Waals surface area contributed by atoms with Crippen LogP contribution in [-0.2, 0) is 15.6 Å². The van der Waals surface area contributed by atoms with Crippen LogP contribution in [0.5, 0.6) is 0 Å². The van der Waals surface area contributed by atoms with E-state index in [0.29, 0.717) is 16.1 Å². The molecule has 0 fully saturated rings. The molecule has 0 atom stereocenters. The Balaban J connectivity index is 2.36. The van der Waals surface area contributed by atoms with Gasteiger partial charge in [-0.1, -0.05) is 57.3 Å². The Kier molecular flexibility index (Phi) is 5.88. The van der Waals surface area contributed by atoms with Gasteiger partial charge in [0.25, 0.3) is 0 Å². The summed E-state index contributed by atoms with van der Waals surface area (Å²) in [6.07, 6.45) is 1.34. The second-order valence-electron chi connectivity index (χ2n) is 4.67. The third kappa shape index (κ3) is 4.82. The topological polar surface area (TPSA) is 57.9 Å². The van der Waals surface area contributed by atoms with E-state index in [1.807, 2.05) is 0 Å². The summed E-state index contributed by atoms with van der Waals surface area (Å²) in [6, 6.07) is 13.3. The van der Waals surface area contributed by atoms with E-state index in [4.69, 9.17) is 23.2 Å². The number of benzene rings is 2. The fraction of sp³-hybridized carbons (Fsp3) is 0.0625. The van der Waals surface area contributed by atoms with Crippen molar-refractivity contribution in [1.82, 2.24) is 0 Å².